The maximum atomic E-state index is 11.9. The van der Waals surface area contributed by atoms with Crippen LogP contribution >= 0.6 is 22.5 Å². The van der Waals surface area contributed by atoms with Gasteiger partial charge >= 0.3 is 6.16 Å². The number of amides is 1. The average Bonchev–Trinajstić information content (AvgIpc) is 2.85. The molecule has 1 aliphatic rings. The lowest BCUT2D eigenvalue weighted by Gasteiger charge is -2.20. The molecule has 0 bridgehead atoms. The van der Waals surface area contributed by atoms with Crippen LogP contribution < -0.4 is 0 Å². The highest BCUT2D eigenvalue weighted by Crippen LogP contribution is 2.21. The van der Waals surface area contributed by atoms with E-state index in [1.54, 1.807) is 4.90 Å². The van der Waals surface area contributed by atoms with Crippen molar-refractivity contribution < 1.29 is 19.1 Å². The SMILES string of the molecule is CC(C)CC(=O)N1CCC(OC(=O)OC(C)C(C)SS)C1. The number of hydrogen-bond donors (Lipinski definition) is 1. The molecule has 5 nitrogen and oxygen atoms in total. The predicted octanol–water partition coefficient (Wildman–Crippen LogP) is 3.14. The molecular formula is C14H25NO4S2. The van der Waals surface area contributed by atoms with Crippen molar-refractivity contribution in [1.82, 2.24) is 4.90 Å². The smallest absolute Gasteiger partial charge is 0.430 e. The number of rotatable bonds is 6. The standard InChI is InChI=1S/C14H25NO4S2/c1-9(2)7-13(16)15-6-5-12(8-15)19-14(17)18-10(3)11(4)21-20/h9-12,20H,5-8H2,1-4H3. The van der Waals surface area contributed by atoms with Gasteiger partial charge < -0.3 is 14.4 Å². The fraction of sp³-hybridized carbons (Fsp3) is 0.857. The van der Waals surface area contributed by atoms with Gasteiger partial charge in [-0.25, -0.2) is 4.79 Å². The van der Waals surface area contributed by atoms with Crippen LogP contribution in [0.5, 0.6) is 0 Å². The van der Waals surface area contributed by atoms with Gasteiger partial charge in [0.25, 0.3) is 0 Å². The number of likely N-dealkylation sites (tertiary alicyclic amines) is 1. The molecule has 0 aromatic carbocycles. The molecule has 3 unspecified atom stereocenters. The highest BCUT2D eigenvalue weighted by molar-refractivity contribution is 8.68. The molecule has 21 heavy (non-hydrogen) atoms. The fourth-order valence-corrected chi connectivity index (χ4v) is 2.77. The van der Waals surface area contributed by atoms with Gasteiger partial charge in [0.05, 0.1) is 6.54 Å². The lowest BCUT2D eigenvalue weighted by Crippen LogP contribution is -2.32. The van der Waals surface area contributed by atoms with Gasteiger partial charge in [0, 0.05) is 24.6 Å². The number of ether oxygens (including phenoxy) is 2. The summed E-state index contributed by atoms with van der Waals surface area (Å²) in [5.41, 5.74) is 0. The van der Waals surface area contributed by atoms with Gasteiger partial charge in [0.2, 0.25) is 5.91 Å². The molecular weight excluding hydrogens is 310 g/mol. The zero-order valence-electron chi connectivity index (χ0n) is 13.1. The van der Waals surface area contributed by atoms with Gasteiger partial charge in [-0.05, 0) is 19.8 Å². The number of thiol groups is 1. The Balaban J connectivity index is 2.34. The van der Waals surface area contributed by atoms with Gasteiger partial charge in [-0.15, -0.1) is 11.7 Å². The van der Waals surface area contributed by atoms with Crippen LogP contribution in [0.15, 0.2) is 0 Å². The van der Waals surface area contributed by atoms with E-state index in [9.17, 15) is 9.59 Å². The first-order valence-electron chi connectivity index (χ1n) is 7.28. The maximum absolute atomic E-state index is 11.9. The van der Waals surface area contributed by atoms with Crippen LogP contribution in [0.1, 0.15) is 40.5 Å². The van der Waals surface area contributed by atoms with Gasteiger partial charge in [0.15, 0.2) is 0 Å². The Kier molecular flexibility index (Phi) is 7.73. The van der Waals surface area contributed by atoms with E-state index in [2.05, 4.69) is 11.7 Å². The van der Waals surface area contributed by atoms with Gasteiger partial charge in [-0.3, -0.25) is 4.79 Å². The quantitative estimate of drug-likeness (QED) is 0.459. The van der Waals surface area contributed by atoms with Crippen molar-refractivity contribution in [2.24, 2.45) is 5.92 Å². The summed E-state index contributed by atoms with van der Waals surface area (Å²) >= 11 is 4.10. The molecule has 7 heteroatoms. The number of hydrogen-bond acceptors (Lipinski definition) is 6. The van der Waals surface area contributed by atoms with Crippen molar-refractivity contribution in [2.75, 3.05) is 13.1 Å². The van der Waals surface area contributed by atoms with Crippen molar-refractivity contribution in [2.45, 2.75) is 58.0 Å². The Morgan fingerprint density at radius 2 is 2.00 bits per heavy atom. The van der Waals surface area contributed by atoms with Gasteiger partial charge in [-0.2, -0.15) is 0 Å². The molecule has 1 aliphatic heterocycles. The largest absolute Gasteiger partial charge is 0.508 e. The third-order valence-electron chi connectivity index (χ3n) is 3.45. The third-order valence-corrected chi connectivity index (χ3v) is 5.17. The van der Waals surface area contributed by atoms with Crippen molar-refractivity contribution in [3.63, 3.8) is 0 Å². The number of nitrogens with zero attached hydrogens (tertiary/aromatic N) is 1. The second-order valence-electron chi connectivity index (χ2n) is 5.85. The minimum absolute atomic E-state index is 0.0913. The Morgan fingerprint density at radius 3 is 2.57 bits per heavy atom. The van der Waals surface area contributed by atoms with Crippen molar-refractivity contribution in [1.29, 1.82) is 0 Å². The van der Waals surface area contributed by atoms with Crippen LogP contribution in [0.2, 0.25) is 0 Å². The summed E-state index contributed by atoms with van der Waals surface area (Å²) in [5.74, 6) is 0.460. The molecule has 0 aromatic heterocycles. The first-order valence-corrected chi connectivity index (χ1v) is 9.22. The van der Waals surface area contributed by atoms with Crippen LogP contribution in [-0.4, -0.2) is 47.5 Å². The van der Waals surface area contributed by atoms with E-state index < -0.39 is 6.16 Å². The van der Waals surface area contributed by atoms with Crippen molar-refractivity contribution in [3.8, 4) is 0 Å². The molecule has 1 fully saturated rings. The van der Waals surface area contributed by atoms with Crippen LogP contribution in [0.25, 0.3) is 0 Å². The molecule has 0 radical (unpaired) electrons. The molecule has 0 saturated carbocycles. The van der Waals surface area contributed by atoms with Crippen molar-refractivity contribution >= 4 is 34.5 Å². The van der Waals surface area contributed by atoms with E-state index in [0.717, 1.165) is 0 Å². The summed E-state index contributed by atoms with van der Waals surface area (Å²) in [7, 11) is 1.34. The predicted molar refractivity (Wildman–Crippen MR) is 87.5 cm³/mol. The van der Waals surface area contributed by atoms with Crippen LogP contribution in [0, 0.1) is 5.92 Å². The summed E-state index contributed by atoms with van der Waals surface area (Å²) in [6, 6.07) is 0. The fourth-order valence-electron chi connectivity index (χ4n) is 2.03. The van der Waals surface area contributed by atoms with E-state index in [-0.39, 0.29) is 23.4 Å². The monoisotopic (exact) mass is 335 g/mol. The zero-order chi connectivity index (χ0) is 16.0. The molecule has 0 spiro atoms. The van der Waals surface area contributed by atoms with Crippen LogP contribution in [0.4, 0.5) is 4.79 Å². The summed E-state index contributed by atoms with van der Waals surface area (Å²) < 4.78 is 10.5. The lowest BCUT2D eigenvalue weighted by molar-refractivity contribution is -0.131. The van der Waals surface area contributed by atoms with E-state index >= 15 is 0 Å². The molecule has 1 heterocycles. The topological polar surface area (TPSA) is 55.8 Å². The second-order valence-corrected chi connectivity index (χ2v) is 7.44. The normalized spacial score (nSPS) is 21.2. The highest BCUT2D eigenvalue weighted by Gasteiger charge is 2.30. The summed E-state index contributed by atoms with van der Waals surface area (Å²) in [5, 5.41) is 0.0913. The van der Waals surface area contributed by atoms with Gasteiger partial charge in [-0.1, -0.05) is 24.6 Å². The summed E-state index contributed by atoms with van der Waals surface area (Å²) in [6.07, 6.45) is 0.00876. The van der Waals surface area contributed by atoms with E-state index in [0.29, 0.717) is 31.8 Å². The van der Waals surface area contributed by atoms with Gasteiger partial charge in [0.1, 0.15) is 12.2 Å². The minimum Gasteiger partial charge on any atom is -0.430 e. The summed E-state index contributed by atoms with van der Waals surface area (Å²) in [4.78, 5) is 25.4. The summed E-state index contributed by atoms with van der Waals surface area (Å²) in [6.45, 7) is 8.87. The number of carbonyl (C=O) groups is 2. The molecule has 0 N–H and O–H groups in total. The minimum atomic E-state index is -0.667. The highest BCUT2D eigenvalue weighted by atomic mass is 33.1. The average molecular weight is 335 g/mol. The molecule has 1 saturated heterocycles. The zero-order valence-corrected chi connectivity index (χ0v) is 14.8. The van der Waals surface area contributed by atoms with Crippen LogP contribution in [-0.2, 0) is 14.3 Å². The van der Waals surface area contributed by atoms with Crippen molar-refractivity contribution in [3.05, 3.63) is 0 Å². The molecule has 1 rings (SSSR count). The lowest BCUT2D eigenvalue weighted by atomic mass is 10.1. The molecule has 122 valence electrons. The maximum Gasteiger partial charge on any atom is 0.508 e. The Morgan fingerprint density at radius 1 is 1.33 bits per heavy atom. The molecule has 0 aromatic rings. The van der Waals surface area contributed by atoms with E-state index in [1.165, 1.54) is 10.8 Å². The van der Waals surface area contributed by atoms with Crippen LogP contribution in [0.3, 0.4) is 0 Å². The first kappa shape index (κ1) is 18.5. The Labute approximate surface area is 135 Å². The molecule has 0 aliphatic carbocycles. The Bertz CT molecular complexity index is 365. The van der Waals surface area contributed by atoms with E-state index in [1.807, 2.05) is 27.7 Å². The molecule has 1 amide bonds. The molecule has 3 atom stereocenters. The number of carbonyl (C=O) groups excluding carboxylic acids is 2. The first-order chi connectivity index (χ1) is 9.83. The third kappa shape index (κ3) is 6.38. The van der Waals surface area contributed by atoms with E-state index in [4.69, 9.17) is 9.47 Å². The Hall–Kier alpha value is -0.560. The second kappa shape index (κ2) is 8.78.